The number of carbonyl (C=O) groups is 1. The van der Waals surface area contributed by atoms with Gasteiger partial charge >= 0.3 is 5.97 Å². The summed E-state index contributed by atoms with van der Waals surface area (Å²) in [5, 5.41) is 3.36. The normalized spacial score (nSPS) is 12.3. The molecule has 120 valence electrons. The number of hydrogen-bond donors (Lipinski definition) is 1. The van der Waals surface area contributed by atoms with Crippen LogP contribution < -0.4 is 5.32 Å². The van der Waals surface area contributed by atoms with Crippen molar-refractivity contribution in [3.05, 3.63) is 78.4 Å². The molecule has 0 aromatic heterocycles. The maximum Gasteiger partial charge on any atom is 0.336 e. The van der Waals surface area contributed by atoms with Crippen molar-refractivity contribution in [1.82, 2.24) is 0 Å². The Morgan fingerprint density at radius 1 is 1.00 bits per heavy atom. The number of rotatable bonds is 5. The molecule has 3 nitrogen and oxygen atoms in total. The Hall–Kier alpha value is -2.55. The van der Waals surface area contributed by atoms with Crippen molar-refractivity contribution < 1.29 is 9.53 Å². The minimum Gasteiger partial charge on any atom is -0.457 e. The van der Waals surface area contributed by atoms with Crippen molar-refractivity contribution in [2.24, 2.45) is 0 Å². The quantitative estimate of drug-likeness (QED) is 0.640. The summed E-state index contributed by atoms with van der Waals surface area (Å²) in [4.78, 5) is 12.4. The van der Waals surface area contributed by atoms with Gasteiger partial charge in [-0.15, -0.1) is 0 Å². The Bertz CT molecular complexity index is 657. The Kier molecular flexibility index (Phi) is 5.22. The van der Waals surface area contributed by atoms with Gasteiger partial charge in [0, 0.05) is 5.69 Å². The van der Waals surface area contributed by atoms with Crippen molar-refractivity contribution in [3.63, 3.8) is 0 Å². The largest absolute Gasteiger partial charge is 0.457 e. The topological polar surface area (TPSA) is 38.3 Å². The number of para-hydroxylation sites is 1. The van der Waals surface area contributed by atoms with Crippen LogP contribution in [0.5, 0.6) is 0 Å². The van der Waals surface area contributed by atoms with Gasteiger partial charge in [0.1, 0.15) is 5.60 Å². The average molecular weight is 309 g/mol. The Labute approximate surface area is 138 Å². The van der Waals surface area contributed by atoms with E-state index >= 15 is 0 Å². The zero-order valence-electron chi connectivity index (χ0n) is 13.9. The summed E-state index contributed by atoms with van der Waals surface area (Å²) in [6, 6.07) is 19.2. The third-order valence-electron chi connectivity index (χ3n) is 3.23. The van der Waals surface area contributed by atoms with Crippen LogP contribution in [-0.2, 0) is 9.53 Å². The van der Waals surface area contributed by atoms with E-state index in [9.17, 15) is 4.79 Å². The lowest BCUT2D eigenvalue weighted by atomic mass is 9.99. The predicted octanol–water partition coefficient (Wildman–Crippen LogP) is 4.74. The molecular formula is C20H23NO2. The Balaban J connectivity index is 2.27. The number of esters is 1. The zero-order chi connectivity index (χ0) is 16.9. The number of carbonyl (C=O) groups excluding carboxylic acids is 1. The van der Waals surface area contributed by atoms with Gasteiger partial charge in [-0.05, 0) is 38.5 Å². The van der Waals surface area contributed by atoms with Gasteiger partial charge in [-0.1, -0.05) is 55.1 Å². The summed E-state index contributed by atoms with van der Waals surface area (Å²) < 4.78 is 5.46. The van der Waals surface area contributed by atoms with Crippen molar-refractivity contribution in [2.75, 3.05) is 5.32 Å². The van der Waals surface area contributed by atoms with E-state index in [0.29, 0.717) is 5.57 Å². The third kappa shape index (κ3) is 4.99. The fourth-order valence-corrected chi connectivity index (χ4v) is 2.18. The second-order valence-electron chi connectivity index (χ2n) is 6.38. The van der Waals surface area contributed by atoms with Gasteiger partial charge in [-0.2, -0.15) is 0 Å². The van der Waals surface area contributed by atoms with Crippen molar-refractivity contribution in [3.8, 4) is 0 Å². The molecule has 1 unspecified atom stereocenters. The number of ether oxygens (including phenoxy) is 1. The molecular weight excluding hydrogens is 286 g/mol. The van der Waals surface area contributed by atoms with E-state index in [1.54, 1.807) is 0 Å². The minimum atomic E-state index is -0.548. The van der Waals surface area contributed by atoms with Crippen molar-refractivity contribution >= 4 is 11.7 Å². The molecule has 1 atom stereocenters. The standard InChI is InChI=1S/C20H23NO2/c1-15(19(22)23-20(2,3)4)18(16-11-7-5-8-12-16)21-17-13-9-6-10-14-17/h5-14,18,21H,1H2,2-4H3. The first-order valence-corrected chi connectivity index (χ1v) is 7.65. The molecule has 0 heterocycles. The molecule has 0 radical (unpaired) electrons. The second kappa shape index (κ2) is 7.14. The van der Waals surface area contributed by atoms with Gasteiger partial charge in [0.15, 0.2) is 0 Å². The highest BCUT2D eigenvalue weighted by Crippen LogP contribution is 2.27. The lowest BCUT2D eigenvalue weighted by Crippen LogP contribution is -2.28. The molecule has 0 aliphatic carbocycles. The molecule has 0 saturated carbocycles. The molecule has 1 N–H and O–H groups in total. The summed E-state index contributed by atoms with van der Waals surface area (Å²) in [6.45, 7) is 9.52. The van der Waals surface area contributed by atoms with E-state index < -0.39 is 11.6 Å². The first-order valence-electron chi connectivity index (χ1n) is 7.65. The molecule has 2 aromatic rings. The molecule has 0 aliphatic heterocycles. The van der Waals surface area contributed by atoms with Gasteiger partial charge < -0.3 is 10.1 Å². The van der Waals surface area contributed by atoms with Crippen LogP contribution in [-0.4, -0.2) is 11.6 Å². The summed E-state index contributed by atoms with van der Waals surface area (Å²) in [7, 11) is 0. The molecule has 3 heteroatoms. The molecule has 0 fully saturated rings. The summed E-state index contributed by atoms with van der Waals surface area (Å²) in [5.41, 5.74) is 1.72. The first-order chi connectivity index (χ1) is 10.9. The number of benzene rings is 2. The summed E-state index contributed by atoms with van der Waals surface area (Å²) in [6.07, 6.45) is 0. The first kappa shape index (κ1) is 16.8. The van der Waals surface area contributed by atoms with Crippen LogP contribution in [0, 0.1) is 0 Å². The monoisotopic (exact) mass is 309 g/mol. The molecule has 0 spiro atoms. The van der Waals surface area contributed by atoms with E-state index in [1.807, 2.05) is 81.4 Å². The van der Waals surface area contributed by atoms with Crippen LogP contribution in [0.2, 0.25) is 0 Å². The Morgan fingerprint density at radius 2 is 1.52 bits per heavy atom. The van der Waals surface area contributed by atoms with Crippen LogP contribution in [0.4, 0.5) is 5.69 Å². The van der Waals surface area contributed by atoms with E-state index in [4.69, 9.17) is 4.74 Å². The van der Waals surface area contributed by atoms with E-state index in [2.05, 4.69) is 11.9 Å². The fraction of sp³-hybridized carbons (Fsp3) is 0.250. The zero-order valence-corrected chi connectivity index (χ0v) is 13.9. The molecule has 0 amide bonds. The van der Waals surface area contributed by atoms with Gasteiger partial charge in [-0.25, -0.2) is 4.79 Å². The van der Waals surface area contributed by atoms with Gasteiger partial charge in [-0.3, -0.25) is 0 Å². The van der Waals surface area contributed by atoms with E-state index in [-0.39, 0.29) is 6.04 Å². The molecule has 23 heavy (non-hydrogen) atoms. The van der Waals surface area contributed by atoms with Crippen LogP contribution in [0.25, 0.3) is 0 Å². The summed E-state index contributed by atoms with van der Waals surface area (Å²) in [5.74, 6) is -0.394. The molecule has 0 saturated heterocycles. The van der Waals surface area contributed by atoms with E-state index in [1.165, 1.54) is 0 Å². The minimum absolute atomic E-state index is 0.339. The van der Waals surface area contributed by atoms with Crippen LogP contribution in [0.3, 0.4) is 0 Å². The summed E-state index contributed by atoms with van der Waals surface area (Å²) >= 11 is 0. The third-order valence-corrected chi connectivity index (χ3v) is 3.23. The maximum atomic E-state index is 12.4. The second-order valence-corrected chi connectivity index (χ2v) is 6.38. The van der Waals surface area contributed by atoms with Crippen molar-refractivity contribution in [2.45, 2.75) is 32.4 Å². The predicted molar refractivity (Wildman–Crippen MR) is 94.2 cm³/mol. The lowest BCUT2D eigenvalue weighted by molar-refractivity contribution is -0.150. The highest BCUT2D eigenvalue weighted by atomic mass is 16.6. The number of anilines is 1. The molecule has 0 bridgehead atoms. The average Bonchev–Trinajstić information content (AvgIpc) is 2.52. The molecule has 2 aromatic carbocycles. The van der Waals surface area contributed by atoms with Crippen LogP contribution in [0.1, 0.15) is 32.4 Å². The van der Waals surface area contributed by atoms with Crippen LogP contribution in [0.15, 0.2) is 72.8 Å². The number of hydrogen-bond acceptors (Lipinski definition) is 3. The Morgan fingerprint density at radius 3 is 2.04 bits per heavy atom. The number of nitrogens with one attached hydrogen (secondary N) is 1. The van der Waals surface area contributed by atoms with Gasteiger partial charge in [0.25, 0.3) is 0 Å². The lowest BCUT2D eigenvalue weighted by Gasteiger charge is -2.25. The smallest absolute Gasteiger partial charge is 0.336 e. The van der Waals surface area contributed by atoms with Crippen molar-refractivity contribution in [1.29, 1.82) is 0 Å². The maximum absolute atomic E-state index is 12.4. The van der Waals surface area contributed by atoms with Gasteiger partial charge in [0.2, 0.25) is 0 Å². The molecule has 0 aliphatic rings. The van der Waals surface area contributed by atoms with Gasteiger partial charge in [0.05, 0.1) is 11.6 Å². The SMILES string of the molecule is C=C(C(=O)OC(C)(C)C)C(Nc1ccccc1)c1ccccc1. The molecule has 2 rings (SSSR count). The highest BCUT2D eigenvalue weighted by molar-refractivity contribution is 5.90. The van der Waals surface area contributed by atoms with E-state index in [0.717, 1.165) is 11.3 Å². The van der Waals surface area contributed by atoms with Crippen LogP contribution >= 0.6 is 0 Å². The highest BCUT2D eigenvalue weighted by Gasteiger charge is 2.25. The fourth-order valence-electron chi connectivity index (χ4n) is 2.18.